The first-order chi connectivity index (χ1) is 11.9. The van der Waals surface area contributed by atoms with Crippen molar-refractivity contribution in [1.29, 1.82) is 0 Å². The first kappa shape index (κ1) is 20.0. The minimum absolute atomic E-state index is 0.00332. The molecule has 1 N–H and O–H groups in total. The number of nitrogens with zero attached hydrogens (tertiary/aromatic N) is 1. The van der Waals surface area contributed by atoms with E-state index < -0.39 is 21.8 Å². The van der Waals surface area contributed by atoms with E-state index in [2.05, 4.69) is 0 Å². The van der Waals surface area contributed by atoms with Gasteiger partial charge in [0.1, 0.15) is 0 Å². The fraction of sp³-hybridized carbons (Fsp3) is 0.222. The van der Waals surface area contributed by atoms with E-state index in [-0.39, 0.29) is 4.90 Å². The molecule has 0 aromatic heterocycles. The molecule has 2 aromatic rings. The highest BCUT2D eigenvalue weighted by Gasteiger charge is 2.47. The largest absolute Gasteiger partial charge is 0.420 e. The van der Waals surface area contributed by atoms with Crippen LogP contribution in [-0.4, -0.2) is 32.3 Å². The van der Waals surface area contributed by atoms with Gasteiger partial charge in [0, 0.05) is 7.05 Å². The maximum Gasteiger partial charge on any atom is 0.420 e. The fourth-order valence-electron chi connectivity index (χ4n) is 2.04. The van der Waals surface area contributed by atoms with Crippen LogP contribution in [0.5, 0.6) is 0 Å². The number of sulfonamides is 1. The van der Waals surface area contributed by atoms with E-state index in [9.17, 15) is 26.7 Å². The second-order valence-corrected chi connectivity index (χ2v) is 7.82. The highest BCUT2D eigenvalue weighted by Crippen LogP contribution is 2.31. The number of para-hydroxylation sites is 1. The average molecular weight is 385 g/mol. The monoisotopic (exact) mass is 385 g/mol. The van der Waals surface area contributed by atoms with Gasteiger partial charge >= 0.3 is 6.18 Å². The maximum absolute atomic E-state index is 12.6. The van der Waals surface area contributed by atoms with Crippen molar-refractivity contribution in [2.45, 2.75) is 23.6 Å². The lowest BCUT2D eigenvalue weighted by Crippen LogP contribution is -2.39. The van der Waals surface area contributed by atoms with E-state index in [0.717, 1.165) is 10.4 Å². The highest BCUT2D eigenvalue weighted by atomic mass is 32.2. The Kier molecular flexibility index (Phi) is 5.48. The third-order valence-electron chi connectivity index (χ3n) is 3.83. The second-order valence-electron chi connectivity index (χ2n) is 5.86. The molecule has 140 valence electrons. The Morgan fingerprint density at radius 1 is 1.00 bits per heavy atom. The number of benzene rings is 2. The highest BCUT2D eigenvalue weighted by molar-refractivity contribution is 7.92. The van der Waals surface area contributed by atoms with Gasteiger partial charge in [0.25, 0.3) is 10.0 Å². The van der Waals surface area contributed by atoms with E-state index in [1.807, 2.05) is 0 Å². The SMILES string of the molecule is CN(c1ccccc1)S(=O)(=O)c1ccc(/C=C/C(C)(O)C(F)(F)F)cc1. The van der Waals surface area contributed by atoms with Crippen LogP contribution in [0.2, 0.25) is 0 Å². The maximum atomic E-state index is 12.6. The lowest BCUT2D eigenvalue weighted by atomic mass is 10.0. The van der Waals surface area contributed by atoms with Crippen LogP contribution in [0, 0.1) is 0 Å². The van der Waals surface area contributed by atoms with Crippen molar-refractivity contribution in [3.05, 3.63) is 66.2 Å². The molecule has 0 amide bonds. The van der Waals surface area contributed by atoms with Gasteiger partial charge in [-0.3, -0.25) is 4.31 Å². The minimum Gasteiger partial charge on any atom is -0.377 e. The minimum atomic E-state index is -4.80. The van der Waals surface area contributed by atoms with Gasteiger partial charge in [-0.25, -0.2) is 8.42 Å². The number of anilines is 1. The normalized spacial score (nSPS) is 15.0. The second kappa shape index (κ2) is 7.13. The zero-order chi connectivity index (χ0) is 19.6. The van der Waals surface area contributed by atoms with Crippen LogP contribution in [0.4, 0.5) is 18.9 Å². The summed E-state index contributed by atoms with van der Waals surface area (Å²) in [4.78, 5) is 0.00332. The molecule has 8 heteroatoms. The van der Waals surface area contributed by atoms with Gasteiger partial charge in [-0.05, 0) is 42.8 Å². The number of hydrogen-bond acceptors (Lipinski definition) is 3. The van der Waals surface area contributed by atoms with Crippen molar-refractivity contribution < 1.29 is 26.7 Å². The third kappa shape index (κ3) is 4.25. The Labute approximate surface area is 150 Å². The Balaban J connectivity index is 2.24. The summed E-state index contributed by atoms with van der Waals surface area (Å²) >= 11 is 0. The van der Waals surface area contributed by atoms with Crippen molar-refractivity contribution in [3.8, 4) is 0 Å². The number of rotatable bonds is 5. The summed E-state index contributed by atoms with van der Waals surface area (Å²) in [6.07, 6.45) is -3.09. The van der Waals surface area contributed by atoms with Crippen molar-refractivity contribution >= 4 is 21.8 Å². The molecule has 0 bridgehead atoms. The number of alkyl halides is 3. The Hall–Kier alpha value is -2.32. The number of aliphatic hydroxyl groups is 1. The molecule has 4 nitrogen and oxygen atoms in total. The topological polar surface area (TPSA) is 57.6 Å². The summed E-state index contributed by atoms with van der Waals surface area (Å²) in [6, 6.07) is 13.8. The first-order valence-electron chi connectivity index (χ1n) is 7.57. The van der Waals surface area contributed by atoms with E-state index in [0.29, 0.717) is 24.3 Å². The van der Waals surface area contributed by atoms with Gasteiger partial charge < -0.3 is 5.11 Å². The lowest BCUT2D eigenvalue weighted by molar-refractivity contribution is -0.232. The van der Waals surface area contributed by atoms with Crippen LogP contribution in [0.1, 0.15) is 12.5 Å². The van der Waals surface area contributed by atoms with E-state index in [1.54, 1.807) is 30.3 Å². The molecular formula is C18H18F3NO3S. The van der Waals surface area contributed by atoms with Gasteiger partial charge in [-0.2, -0.15) is 13.2 Å². The molecule has 2 aromatic carbocycles. The van der Waals surface area contributed by atoms with E-state index >= 15 is 0 Å². The number of hydrogen-bond donors (Lipinski definition) is 1. The quantitative estimate of drug-likeness (QED) is 0.851. The zero-order valence-corrected chi connectivity index (χ0v) is 14.9. The molecule has 1 atom stereocenters. The Morgan fingerprint density at radius 3 is 2.04 bits per heavy atom. The van der Waals surface area contributed by atoms with Crippen LogP contribution in [0.3, 0.4) is 0 Å². The molecule has 0 heterocycles. The predicted molar refractivity (Wildman–Crippen MR) is 94.2 cm³/mol. The Morgan fingerprint density at radius 2 is 1.54 bits per heavy atom. The van der Waals surface area contributed by atoms with Crippen molar-refractivity contribution in [2.75, 3.05) is 11.4 Å². The van der Waals surface area contributed by atoms with Crippen LogP contribution in [0.25, 0.3) is 6.08 Å². The van der Waals surface area contributed by atoms with E-state index in [1.165, 1.54) is 31.3 Å². The molecule has 0 aliphatic rings. The number of halogens is 3. The fourth-order valence-corrected chi connectivity index (χ4v) is 3.23. The molecule has 26 heavy (non-hydrogen) atoms. The molecular weight excluding hydrogens is 367 g/mol. The molecule has 0 saturated carbocycles. The van der Waals surface area contributed by atoms with Crippen LogP contribution < -0.4 is 4.31 Å². The van der Waals surface area contributed by atoms with Crippen LogP contribution >= 0.6 is 0 Å². The van der Waals surface area contributed by atoms with Crippen molar-refractivity contribution in [2.24, 2.45) is 0 Å². The van der Waals surface area contributed by atoms with Crippen LogP contribution in [-0.2, 0) is 10.0 Å². The molecule has 0 fully saturated rings. The molecule has 2 rings (SSSR count). The Bertz CT molecular complexity index is 874. The first-order valence-corrected chi connectivity index (χ1v) is 9.01. The van der Waals surface area contributed by atoms with Crippen LogP contribution in [0.15, 0.2) is 65.6 Å². The lowest BCUT2D eigenvalue weighted by Gasteiger charge is -2.22. The average Bonchev–Trinajstić information content (AvgIpc) is 2.59. The molecule has 1 unspecified atom stereocenters. The summed E-state index contributed by atoms with van der Waals surface area (Å²) in [5.41, 5.74) is -2.15. The molecule has 0 saturated heterocycles. The summed E-state index contributed by atoms with van der Waals surface area (Å²) in [5.74, 6) is 0. The van der Waals surface area contributed by atoms with Gasteiger partial charge in [0.2, 0.25) is 0 Å². The van der Waals surface area contributed by atoms with Crippen molar-refractivity contribution in [3.63, 3.8) is 0 Å². The smallest absolute Gasteiger partial charge is 0.377 e. The molecule has 0 spiro atoms. The zero-order valence-electron chi connectivity index (χ0n) is 14.1. The van der Waals surface area contributed by atoms with Crippen molar-refractivity contribution in [1.82, 2.24) is 0 Å². The van der Waals surface area contributed by atoms with Gasteiger partial charge in [-0.1, -0.05) is 36.4 Å². The van der Waals surface area contributed by atoms with E-state index in [4.69, 9.17) is 0 Å². The summed E-state index contributed by atoms with van der Waals surface area (Å²) < 4.78 is 64.2. The third-order valence-corrected chi connectivity index (χ3v) is 5.63. The summed E-state index contributed by atoms with van der Waals surface area (Å²) in [6.45, 7) is 0.636. The standard InChI is InChI=1S/C18H18F3NO3S/c1-17(23,18(19,20)21)13-12-14-8-10-16(11-9-14)26(24,25)22(2)15-6-4-3-5-7-15/h3-13,23H,1-2H3/b13-12+. The summed E-state index contributed by atoms with van der Waals surface area (Å²) in [7, 11) is -2.38. The van der Waals surface area contributed by atoms with Gasteiger partial charge in [0.05, 0.1) is 10.6 Å². The van der Waals surface area contributed by atoms with Gasteiger partial charge in [-0.15, -0.1) is 0 Å². The molecule has 0 aliphatic carbocycles. The summed E-state index contributed by atoms with van der Waals surface area (Å²) in [5, 5.41) is 9.38. The molecule has 0 aliphatic heterocycles. The molecule has 0 radical (unpaired) electrons. The van der Waals surface area contributed by atoms with Gasteiger partial charge in [0.15, 0.2) is 5.60 Å². The predicted octanol–water partition coefficient (Wildman–Crippen LogP) is 3.84.